The second kappa shape index (κ2) is 9.18. The smallest absolute Gasteiger partial charge is 0.331 e. The number of nitrogens with one attached hydrogen (secondary N) is 1. The van der Waals surface area contributed by atoms with Gasteiger partial charge in [0.2, 0.25) is 0 Å². The van der Waals surface area contributed by atoms with Crippen molar-refractivity contribution < 1.29 is 14.3 Å². The Kier molecular flexibility index (Phi) is 5.71. The van der Waals surface area contributed by atoms with Crippen LogP contribution in [0.3, 0.4) is 0 Å². The van der Waals surface area contributed by atoms with Crippen LogP contribution in [0.5, 0.6) is 11.5 Å². The number of urea groups is 1. The van der Waals surface area contributed by atoms with Crippen molar-refractivity contribution in [3.8, 4) is 11.5 Å². The molecule has 0 spiro atoms. The van der Waals surface area contributed by atoms with Gasteiger partial charge in [-0.3, -0.25) is 9.69 Å². The van der Waals surface area contributed by atoms with E-state index in [1.165, 1.54) is 11.3 Å². The number of hydrogen-bond acceptors (Lipinski definition) is 6. The lowest BCUT2D eigenvalue weighted by Gasteiger charge is -2.28. The molecule has 0 bridgehead atoms. The molecule has 1 saturated carbocycles. The average molecular weight is 498 g/mol. The summed E-state index contributed by atoms with van der Waals surface area (Å²) < 4.78 is 5.88. The minimum Gasteiger partial charge on any atom is -0.457 e. The number of para-hydroxylation sites is 1. The maximum Gasteiger partial charge on any atom is 0.331 e. The van der Waals surface area contributed by atoms with Gasteiger partial charge < -0.3 is 15.8 Å². The number of pyridine rings is 1. The number of anilines is 3. The molecule has 3 heterocycles. The van der Waals surface area contributed by atoms with E-state index >= 15 is 0 Å². The van der Waals surface area contributed by atoms with Crippen LogP contribution in [0.25, 0.3) is 10.2 Å². The number of amides is 3. The van der Waals surface area contributed by atoms with E-state index in [9.17, 15) is 9.59 Å². The molecule has 9 heteroatoms. The minimum absolute atomic E-state index is 0.167. The molecule has 180 valence electrons. The highest BCUT2D eigenvalue weighted by atomic mass is 32.1. The molecule has 6 rings (SSSR count). The van der Waals surface area contributed by atoms with Gasteiger partial charge in [0.15, 0.2) is 0 Å². The topological polar surface area (TPSA) is 110 Å². The fourth-order valence-corrected chi connectivity index (χ4v) is 5.56. The van der Waals surface area contributed by atoms with Crippen LogP contribution in [0, 0.1) is 0 Å². The molecule has 1 aliphatic carbocycles. The fraction of sp³-hybridized carbons (Fsp3) is 0.185. The lowest BCUT2D eigenvalue weighted by atomic mass is 9.94. The van der Waals surface area contributed by atoms with Crippen LogP contribution in [-0.2, 0) is 0 Å². The number of aromatic nitrogens is 1. The molecular formula is C27H23N5O3S. The van der Waals surface area contributed by atoms with Crippen LogP contribution in [0.1, 0.15) is 35.4 Å². The van der Waals surface area contributed by atoms with Crippen molar-refractivity contribution in [1.29, 1.82) is 0 Å². The second-order valence-electron chi connectivity index (χ2n) is 8.81. The quantitative estimate of drug-likeness (QED) is 0.346. The first kappa shape index (κ1) is 22.4. The van der Waals surface area contributed by atoms with Crippen molar-refractivity contribution in [3.63, 3.8) is 0 Å². The Balaban J connectivity index is 1.32. The Morgan fingerprint density at radius 2 is 1.78 bits per heavy atom. The van der Waals surface area contributed by atoms with E-state index in [1.54, 1.807) is 17.2 Å². The van der Waals surface area contributed by atoms with E-state index in [2.05, 4.69) is 15.3 Å². The zero-order valence-corrected chi connectivity index (χ0v) is 20.1. The number of aliphatic imine (C=N–C) groups is 1. The third-order valence-corrected chi connectivity index (χ3v) is 7.47. The molecule has 3 N–H and O–H groups in total. The summed E-state index contributed by atoms with van der Waals surface area (Å²) in [5.74, 6) is 1.05. The largest absolute Gasteiger partial charge is 0.457 e. The molecule has 2 aromatic carbocycles. The van der Waals surface area contributed by atoms with Gasteiger partial charge in [-0.2, -0.15) is 0 Å². The predicted molar refractivity (Wildman–Crippen MR) is 142 cm³/mol. The molecule has 0 saturated heterocycles. The van der Waals surface area contributed by atoms with Gasteiger partial charge in [-0.15, -0.1) is 11.3 Å². The Bertz CT molecular complexity index is 1490. The Hall–Kier alpha value is -4.08. The summed E-state index contributed by atoms with van der Waals surface area (Å²) in [5, 5.41) is 3.65. The summed E-state index contributed by atoms with van der Waals surface area (Å²) in [6, 6.07) is 18.4. The summed E-state index contributed by atoms with van der Waals surface area (Å²) in [6.45, 7) is 0. The number of nitrogens with zero attached hydrogens (tertiary/aromatic N) is 3. The van der Waals surface area contributed by atoms with Gasteiger partial charge >= 0.3 is 6.03 Å². The third kappa shape index (κ3) is 4.12. The Labute approximate surface area is 211 Å². The van der Waals surface area contributed by atoms with Crippen molar-refractivity contribution >= 4 is 56.3 Å². The summed E-state index contributed by atoms with van der Waals surface area (Å²) in [4.78, 5) is 37.9. The lowest BCUT2D eigenvalue weighted by Crippen LogP contribution is -2.34. The highest BCUT2D eigenvalue weighted by Gasteiger charge is 2.32. The molecule has 2 aromatic heterocycles. The number of rotatable bonds is 4. The maximum atomic E-state index is 13.3. The van der Waals surface area contributed by atoms with Crippen molar-refractivity contribution in [2.75, 3.05) is 10.2 Å². The number of ether oxygens (including phenoxy) is 1. The highest BCUT2D eigenvalue weighted by molar-refractivity contribution is 7.21. The molecule has 1 fully saturated rings. The van der Waals surface area contributed by atoms with Crippen LogP contribution in [0.4, 0.5) is 21.9 Å². The van der Waals surface area contributed by atoms with Crippen molar-refractivity contribution in [3.05, 3.63) is 71.7 Å². The second-order valence-corrected chi connectivity index (χ2v) is 9.81. The van der Waals surface area contributed by atoms with Gasteiger partial charge in [0.1, 0.15) is 21.2 Å². The van der Waals surface area contributed by atoms with Gasteiger partial charge in [0, 0.05) is 18.0 Å². The predicted octanol–water partition coefficient (Wildman–Crippen LogP) is 6.25. The summed E-state index contributed by atoms with van der Waals surface area (Å²) in [7, 11) is 0. The first-order valence-electron chi connectivity index (χ1n) is 11.8. The zero-order valence-electron chi connectivity index (χ0n) is 19.3. The molecule has 8 nitrogen and oxygen atoms in total. The number of nitrogens with two attached hydrogens (primary N) is 1. The molecule has 3 amide bonds. The van der Waals surface area contributed by atoms with E-state index in [4.69, 9.17) is 10.5 Å². The molecule has 2 aliphatic rings. The SMILES string of the molecule is NC1CCC(=NC(=O)c2sc3nccc4c3c2NC(=O)N4c2ccc(Oc3ccccc3)cc2)CC1. The summed E-state index contributed by atoms with van der Waals surface area (Å²) >= 11 is 1.25. The van der Waals surface area contributed by atoms with Crippen LogP contribution in [-0.4, -0.2) is 28.7 Å². The number of hydrogen-bond donors (Lipinski definition) is 2. The Morgan fingerprint density at radius 3 is 2.53 bits per heavy atom. The van der Waals surface area contributed by atoms with Gasteiger partial charge in [-0.05, 0) is 68.1 Å². The van der Waals surface area contributed by atoms with E-state index < -0.39 is 0 Å². The Morgan fingerprint density at radius 1 is 1.06 bits per heavy atom. The normalized spacial score (nSPS) is 17.1. The summed E-state index contributed by atoms with van der Waals surface area (Å²) in [5.41, 5.74) is 8.65. The first-order valence-corrected chi connectivity index (χ1v) is 12.6. The van der Waals surface area contributed by atoms with Gasteiger partial charge in [-0.1, -0.05) is 18.2 Å². The number of benzene rings is 2. The number of thiophene rings is 1. The van der Waals surface area contributed by atoms with Crippen LogP contribution < -0.4 is 20.7 Å². The standard InChI is InChI=1S/C27H23N5O3S/c28-16-6-8-17(9-7-16)30-25(33)24-23-22-21(14-15-29-26(22)36-24)32(27(34)31-23)18-10-12-20(13-11-18)35-19-4-2-1-3-5-19/h1-5,10-16H,6-9,28H2,(H,31,34). The van der Waals surface area contributed by atoms with Gasteiger partial charge in [0.05, 0.1) is 22.4 Å². The number of carbonyl (C=O) groups is 2. The first-order chi connectivity index (χ1) is 17.6. The van der Waals surface area contributed by atoms with E-state index in [0.29, 0.717) is 32.5 Å². The van der Waals surface area contributed by atoms with Crippen LogP contribution in [0.15, 0.2) is 71.9 Å². The van der Waals surface area contributed by atoms with Crippen LogP contribution in [0.2, 0.25) is 0 Å². The highest BCUT2D eigenvalue weighted by Crippen LogP contribution is 2.46. The molecule has 0 radical (unpaired) electrons. The zero-order chi connectivity index (χ0) is 24.6. The van der Waals surface area contributed by atoms with Crippen molar-refractivity contribution in [2.24, 2.45) is 10.7 Å². The monoisotopic (exact) mass is 497 g/mol. The molecule has 0 atom stereocenters. The van der Waals surface area contributed by atoms with E-state index in [1.807, 2.05) is 54.6 Å². The lowest BCUT2D eigenvalue weighted by molar-refractivity contribution is 0.101. The van der Waals surface area contributed by atoms with Gasteiger partial charge in [-0.25, -0.2) is 14.8 Å². The molecule has 4 aromatic rings. The van der Waals surface area contributed by atoms with Crippen molar-refractivity contribution in [1.82, 2.24) is 4.98 Å². The van der Waals surface area contributed by atoms with E-state index in [0.717, 1.165) is 42.5 Å². The van der Waals surface area contributed by atoms with Gasteiger partial charge in [0.25, 0.3) is 5.91 Å². The molecular weight excluding hydrogens is 474 g/mol. The van der Waals surface area contributed by atoms with E-state index in [-0.39, 0.29) is 18.0 Å². The van der Waals surface area contributed by atoms with Crippen molar-refractivity contribution in [2.45, 2.75) is 31.7 Å². The molecule has 1 aliphatic heterocycles. The van der Waals surface area contributed by atoms with Crippen LogP contribution >= 0.6 is 11.3 Å². The maximum absolute atomic E-state index is 13.3. The number of carbonyl (C=O) groups excluding carboxylic acids is 2. The fourth-order valence-electron chi connectivity index (χ4n) is 4.56. The minimum atomic E-state index is -0.351. The third-order valence-electron chi connectivity index (χ3n) is 6.38. The summed E-state index contributed by atoms with van der Waals surface area (Å²) in [6.07, 6.45) is 4.76. The molecule has 0 unspecified atom stereocenters. The average Bonchev–Trinajstić information content (AvgIpc) is 3.26. The molecule has 36 heavy (non-hydrogen) atoms.